The van der Waals surface area contributed by atoms with Crippen LogP contribution in [0, 0.1) is 0 Å². The van der Waals surface area contributed by atoms with Gasteiger partial charge >= 0.3 is 0 Å². The molecule has 2 N–H and O–H groups in total. The van der Waals surface area contributed by atoms with Gasteiger partial charge in [0.15, 0.2) is 0 Å². The van der Waals surface area contributed by atoms with Crippen LogP contribution in [0.4, 0.5) is 0 Å². The van der Waals surface area contributed by atoms with Crippen LogP contribution in [-0.2, 0) is 5.54 Å². The summed E-state index contributed by atoms with van der Waals surface area (Å²) in [5, 5.41) is 0. The fourth-order valence-electron chi connectivity index (χ4n) is 1.39. The monoisotopic (exact) mass is 160 g/mol. The summed E-state index contributed by atoms with van der Waals surface area (Å²) in [6.07, 6.45) is 4.04. The van der Waals surface area contributed by atoms with Gasteiger partial charge < -0.3 is 5.43 Å². The molecule has 12 heavy (non-hydrogen) atoms. The van der Waals surface area contributed by atoms with Gasteiger partial charge in [0, 0.05) is 6.20 Å². The van der Waals surface area contributed by atoms with E-state index >= 15 is 0 Å². The van der Waals surface area contributed by atoms with E-state index in [1.165, 1.54) is 5.56 Å². The van der Waals surface area contributed by atoms with Crippen molar-refractivity contribution in [1.82, 2.24) is 10.9 Å². The summed E-state index contributed by atoms with van der Waals surface area (Å²) < 4.78 is 0. The van der Waals surface area contributed by atoms with Gasteiger partial charge in [0.2, 0.25) is 0 Å². The maximum atomic E-state index is 3.19. The van der Waals surface area contributed by atoms with Crippen LogP contribution in [-0.4, -0.2) is 0 Å². The number of rotatable bonds is 1. The number of hydrazine groups is 1. The summed E-state index contributed by atoms with van der Waals surface area (Å²) in [6, 6.07) is 10.4. The van der Waals surface area contributed by atoms with Crippen LogP contribution in [0.3, 0.4) is 0 Å². The van der Waals surface area contributed by atoms with Crippen LogP contribution >= 0.6 is 0 Å². The summed E-state index contributed by atoms with van der Waals surface area (Å²) in [4.78, 5) is 0. The highest BCUT2D eigenvalue weighted by Gasteiger charge is 2.24. The molecule has 0 spiro atoms. The van der Waals surface area contributed by atoms with Crippen LogP contribution < -0.4 is 10.9 Å². The minimum Gasteiger partial charge on any atom is -0.328 e. The van der Waals surface area contributed by atoms with E-state index in [1.54, 1.807) is 0 Å². The highest BCUT2D eigenvalue weighted by atomic mass is 15.4. The maximum absolute atomic E-state index is 3.19. The lowest BCUT2D eigenvalue weighted by Crippen LogP contribution is -2.38. The van der Waals surface area contributed by atoms with E-state index in [9.17, 15) is 0 Å². The van der Waals surface area contributed by atoms with Gasteiger partial charge in [-0.2, -0.15) is 0 Å². The van der Waals surface area contributed by atoms with Crippen molar-refractivity contribution in [3.05, 3.63) is 48.2 Å². The van der Waals surface area contributed by atoms with Crippen molar-refractivity contribution >= 4 is 0 Å². The summed E-state index contributed by atoms with van der Waals surface area (Å²) in [7, 11) is 0. The van der Waals surface area contributed by atoms with Gasteiger partial charge in [0.1, 0.15) is 0 Å². The third kappa shape index (κ3) is 1.10. The van der Waals surface area contributed by atoms with Crippen molar-refractivity contribution in [2.45, 2.75) is 12.5 Å². The topological polar surface area (TPSA) is 24.1 Å². The van der Waals surface area contributed by atoms with Gasteiger partial charge in [-0.15, -0.1) is 0 Å². The van der Waals surface area contributed by atoms with E-state index in [-0.39, 0.29) is 5.54 Å². The zero-order valence-electron chi connectivity index (χ0n) is 7.04. The SMILES string of the molecule is CC1(c2ccccc2)C=CNN1. The molecule has 0 aliphatic carbocycles. The molecule has 62 valence electrons. The Morgan fingerprint density at radius 1 is 1.17 bits per heavy atom. The molecule has 1 aromatic rings. The van der Waals surface area contributed by atoms with Gasteiger partial charge in [-0.05, 0) is 18.6 Å². The Balaban J connectivity index is 2.36. The van der Waals surface area contributed by atoms with E-state index in [0.717, 1.165) is 0 Å². The fraction of sp³-hybridized carbons (Fsp3) is 0.200. The van der Waals surface area contributed by atoms with E-state index in [1.807, 2.05) is 12.3 Å². The molecule has 2 heteroatoms. The second kappa shape index (κ2) is 2.64. The van der Waals surface area contributed by atoms with Crippen molar-refractivity contribution in [2.24, 2.45) is 0 Å². The first kappa shape index (κ1) is 7.37. The minimum absolute atomic E-state index is 0.0543. The van der Waals surface area contributed by atoms with Gasteiger partial charge in [-0.1, -0.05) is 30.3 Å². The molecule has 1 aromatic carbocycles. The molecule has 1 atom stereocenters. The highest BCUT2D eigenvalue weighted by Crippen LogP contribution is 2.22. The molecule has 0 radical (unpaired) electrons. The lowest BCUT2D eigenvalue weighted by molar-refractivity contribution is 0.454. The average Bonchev–Trinajstić information content (AvgIpc) is 2.55. The third-order valence-corrected chi connectivity index (χ3v) is 2.21. The smallest absolute Gasteiger partial charge is 0.0788 e. The number of nitrogens with one attached hydrogen (secondary N) is 2. The van der Waals surface area contributed by atoms with Crippen LogP contribution in [0.5, 0.6) is 0 Å². The average molecular weight is 160 g/mol. The van der Waals surface area contributed by atoms with Crippen LogP contribution in [0.25, 0.3) is 0 Å². The van der Waals surface area contributed by atoms with E-state index in [2.05, 4.69) is 48.1 Å². The second-order valence-electron chi connectivity index (χ2n) is 3.17. The molecule has 2 nitrogen and oxygen atoms in total. The first-order valence-electron chi connectivity index (χ1n) is 4.07. The molecule has 1 aliphatic heterocycles. The van der Waals surface area contributed by atoms with Crippen molar-refractivity contribution in [2.75, 3.05) is 0 Å². The molecule has 0 saturated carbocycles. The third-order valence-electron chi connectivity index (χ3n) is 2.21. The molecule has 0 aromatic heterocycles. The van der Waals surface area contributed by atoms with Crippen molar-refractivity contribution in [1.29, 1.82) is 0 Å². The lowest BCUT2D eigenvalue weighted by Gasteiger charge is -2.22. The quantitative estimate of drug-likeness (QED) is 0.651. The van der Waals surface area contributed by atoms with E-state index in [4.69, 9.17) is 0 Å². The van der Waals surface area contributed by atoms with Gasteiger partial charge in [-0.3, -0.25) is 0 Å². The number of benzene rings is 1. The Morgan fingerprint density at radius 2 is 1.92 bits per heavy atom. The minimum atomic E-state index is -0.0543. The molecule has 0 fully saturated rings. The predicted octanol–water partition coefficient (Wildman–Crippen LogP) is 1.52. The van der Waals surface area contributed by atoms with Gasteiger partial charge in [-0.25, -0.2) is 5.43 Å². The van der Waals surface area contributed by atoms with E-state index < -0.39 is 0 Å². The Morgan fingerprint density at radius 3 is 2.50 bits per heavy atom. The second-order valence-corrected chi connectivity index (χ2v) is 3.17. The molecular formula is C10H12N2. The van der Waals surface area contributed by atoms with Crippen LogP contribution in [0.1, 0.15) is 12.5 Å². The summed E-state index contributed by atoms with van der Waals surface area (Å²) >= 11 is 0. The highest BCUT2D eigenvalue weighted by molar-refractivity contribution is 5.30. The largest absolute Gasteiger partial charge is 0.328 e. The van der Waals surface area contributed by atoms with Crippen molar-refractivity contribution < 1.29 is 0 Å². The normalized spacial score (nSPS) is 27.1. The summed E-state index contributed by atoms with van der Waals surface area (Å²) in [5.74, 6) is 0. The first-order valence-corrected chi connectivity index (χ1v) is 4.07. The Hall–Kier alpha value is -1.28. The zero-order chi connectivity index (χ0) is 8.44. The van der Waals surface area contributed by atoms with Crippen LogP contribution in [0.2, 0.25) is 0 Å². The molecule has 0 bridgehead atoms. The summed E-state index contributed by atoms with van der Waals surface area (Å²) in [6.45, 7) is 2.14. The Kier molecular flexibility index (Phi) is 1.62. The molecular weight excluding hydrogens is 148 g/mol. The number of hydrogen-bond acceptors (Lipinski definition) is 2. The van der Waals surface area contributed by atoms with Crippen molar-refractivity contribution in [3.8, 4) is 0 Å². The first-order chi connectivity index (χ1) is 5.81. The predicted molar refractivity (Wildman–Crippen MR) is 49.2 cm³/mol. The Labute approximate surface area is 72.3 Å². The lowest BCUT2D eigenvalue weighted by atomic mass is 9.94. The molecule has 1 heterocycles. The van der Waals surface area contributed by atoms with Crippen molar-refractivity contribution in [3.63, 3.8) is 0 Å². The van der Waals surface area contributed by atoms with Crippen LogP contribution in [0.15, 0.2) is 42.6 Å². The molecule has 0 saturated heterocycles. The van der Waals surface area contributed by atoms with Gasteiger partial charge in [0.25, 0.3) is 0 Å². The summed E-state index contributed by atoms with van der Waals surface area (Å²) in [5.41, 5.74) is 7.38. The molecule has 2 rings (SSSR count). The maximum Gasteiger partial charge on any atom is 0.0788 e. The molecule has 1 aliphatic rings. The zero-order valence-corrected chi connectivity index (χ0v) is 7.04. The standard InChI is InChI=1S/C10H12N2/c1-10(7-8-11-12-10)9-5-3-2-4-6-9/h2-8,11-12H,1H3. The molecule has 1 unspecified atom stereocenters. The number of hydrogen-bond donors (Lipinski definition) is 2. The van der Waals surface area contributed by atoms with Gasteiger partial charge in [0.05, 0.1) is 5.54 Å². The fourth-order valence-corrected chi connectivity index (χ4v) is 1.39. The van der Waals surface area contributed by atoms with E-state index in [0.29, 0.717) is 0 Å². The Bertz CT molecular complexity index is 292. The molecule has 0 amide bonds.